The smallest absolute Gasteiger partial charge is 0.150 e. The summed E-state index contributed by atoms with van der Waals surface area (Å²) in [5.41, 5.74) is 8.43. The van der Waals surface area contributed by atoms with Gasteiger partial charge in [0.25, 0.3) is 0 Å². The standard InChI is InChI=1S/C23H20O2/c1-3-19-13-22(20-8-4-17(14-24)5-9-20)16(2)12-23(19)21-10-6-18(15-25)7-11-21/h4-15H,3H2,1-2H3. The topological polar surface area (TPSA) is 34.1 Å². The Morgan fingerprint density at radius 3 is 1.64 bits per heavy atom. The predicted octanol–water partition coefficient (Wildman–Crippen LogP) is 5.52. The van der Waals surface area contributed by atoms with E-state index in [9.17, 15) is 9.59 Å². The number of hydrogen-bond acceptors (Lipinski definition) is 2. The van der Waals surface area contributed by atoms with E-state index >= 15 is 0 Å². The number of benzene rings is 3. The molecule has 0 unspecified atom stereocenters. The lowest BCUT2D eigenvalue weighted by Crippen LogP contribution is -1.94. The first kappa shape index (κ1) is 16.8. The number of hydrogen-bond donors (Lipinski definition) is 0. The summed E-state index contributed by atoms with van der Waals surface area (Å²) in [6.45, 7) is 4.25. The fourth-order valence-corrected chi connectivity index (χ4v) is 3.11. The zero-order chi connectivity index (χ0) is 17.8. The normalized spacial score (nSPS) is 10.5. The summed E-state index contributed by atoms with van der Waals surface area (Å²) >= 11 is 0. The zero-order valence-corrected chi connectivity index (χ0v) is 14.5. The van der Waals surface area contributed by atoms with E-state index in [1.165, 1.54) is 22.3 Å². The lowest BCUT2D eigenvalue weighted by molar-refractivity contribution is 0.111. The van der Waals surface area contributed by atoms with E-state index in [0.717, 1.165) is 30.1 Å². The molecule has 0 aliphatic carbocycles. The number of aldehydes is 2. The van der Waals surface area contributed by atoms with Crippen LogP contribution in [0.15, 0.2) is 60.7 Å². The molecule has 0 amide bonds. The Morgan fingerprint density at radius 1 is 0.720 bits per heavy atom. The molecule has 3 aromatic carbocycles. The van der Waals surface area contributed by atoms with Crippen LogP contribution in [0.1, 0.15) is 38.8 Å². The summed E-state index contributed by atoms with van der Waals surface area (Å²) in [6, 6.07) is 19.8. The fraction of sp³-hybridized carbons (Fsp3) is 0.130. The van der Waals surface area contributed by atoms with Gasteiger partial charge in [-0.25, -0.2) is 0 Å². The molecular weight excluding hydrogens is 308 g/mol. The van der Waals surface area contributed by atoms with Crippen molar-refractivity contribution in [2.24, 2.45) is 0 Å². The van der Waals surface area contributed by atoms with Gasteiger partial charge >= 0.3 is 0 Å². The molecule has 3 aromatic rings. The van der Waals surface area contributed by atoms with Crippen molar-refractivity contribution in [3.63, 3.8) is 0 Å². The van der Waals surface area contributed by atoms with Crippen LogP contribution in [-0.2, 0) is 6.42 Å². The Morgan fingerprint density at radius 2 is 1.20 bits per heavy atom. The monoisotopic (exact) mass is 328 g/mol. The maximum Gasteiger partial charge on any atom is 0.150 e. The van der Waals surface area contributed by atoms with Gasteiger partial charge in [0.05, 0.1) is 0 Å². The van der Waals surface area contributed by atoms with Gasteiger partial charge in [-0.15, -0.1) is 0 Å². The highest BCUT2D eigenvalue weighted by Gasteiger charge is 2.10. The highest BCUT2D eigenvalue weighted by molar-refractivity contribution is 5.81. The third-order valence-electron chi connectivity index (χ3n) is 4.55. The molecule has 0 aromatic heterocycles. The van der Waals surface area contributed by atoms with Gasteiger partial charge in [-0.3, -0.25) is 9.59 Å². The number of aryl methyl sites for hydroxylation is 2. The highest BCUT2D eigenvalue weighted by atomic mass is 16.1. The molecule has 2 heteroatoms. The van der Waals surface area contributed by atoms with Crippen LogP contribution in [0.25, 0.3) is 22.3 Å². The van der Waals surface area contributed by atoms with Crippen LogP contribution < -0.4 is 0 Å². The van der Waals surface area contributed by atoms with Gasteiger partial charge in [0.2, 0.25) is 0 Å². The lowest BCUT2D eigenvalue weighted by atomic mass is 9.90. The second-order valence-corrected chi connectivity index (χ2v) is 6.16. The summed E-state index contributed by atoms with van der Waals surface area (Å²) in [4.78, 5) is 21.7. The Balaban J connectivity index is 2.08. The average Bonchev–Trinajstić information content (AvgIpc) is 2.68. The SMILES string of the molecule is CCc1cc(-c2ccc(C=O)cc2)c(C)cc1-c1ccc(C=O)cc1. The largest absolute Gasteiger partial charge is 0.298 e. The van der Waals surface area contributed by atoms with E-state index in [1.54, 1.807) is 0 Å². The van der Waals surface area contributed by atoms with E-state index in [1.807, 2.05) is 48.5 Å². The quantitative estimate of drug-likeness (QED) is 0.578. The number of carbonyl (C=O) groups excluding carboxylic acids is 2. The second kappa shape index (κ2) is 7.27. The summed E-state index contributed by atoms with van der Waals surface area (Å²) in [5, 5.41) is 0. The summed E-state index contributed by atoms with van der Waals surface area (Å²) in [7, 11) is 0. The summed E-state index contributed by atoms with van der Waals surface area (Å²) in [6.07, 6.45) is 2.65. The van der Waals surface area contributed by atoms with Gasteiger partial charge in [0.15, 0.2) is 0 Å². The molecule has 0 bridgehead atoms. The van der Waals surface area contributed by atoms with E-state index in [4.69, 9.17) is 0 Å². The number of carbonyl (C=O) groups is 2. The van der Waals surface area contributed by atoms with Crippen LogP contribution in [0.5, 0.6) is 0 Å². The van der Waals surface area contributed by atoms with Crippen LogP contribution >= 0.6 is 0 Å². The van der Waals surface area contributed by atoms with Crippen molar-refractivity contribution in [2.75, 3.05) is 0 Å². The van der Waals surface area contributed by atoms with Crippen molar-refractivity contribution in [1.29, 1.82) is 0 Å². The Hall–Kier alpha value is -3.00. The minimum absolute atomic E-state index is 0.684. The maximum absolute atomic E-state index is 10.9. The van der Waals surface area contributed by atoms with Crippen LogP contribution in [0.2, 0.25) is 0 Å². The van der Waals surface area contributed by atoms with Gasteiger partial charge in [-0.1, -0.05) is 67.6 Å². The molecule has 0 atom stereocenters. The van der Waals surface area contributed by atoms with Crippen molar-refractivity contribution in [1.82, 2.24) is 0 Å². The maximum atomic E-state index is 10.9. The van der Waals surface area contributed by atoms with Gasteiger partial charge < -0.3 is 0 Å². The predicted molar refractivity (Wildman–Crippen MR) is 102 cm³/mol. The third-order valence-corrected chi connectivity index (χ3v) is 4.55. The van der Waals surface area contributed by atoms with Gasteiger partial charge in [0.1, 0.15) is 12.6 Å². The number of rotatable bonds is 5. The molecule has 0 spiro atoms. The van der Waals surface area contributed by atoms with Crippen LogP contribution in [-0.4, -0.2) is 12.6 Å². The average molecular weight is 328 g/mol. The molecule has 3 rings (SSSR count). The molecule has 0 aliphatic heterocycles. The van der Waals surface area contributed by atoms with Crippen LogP contribution in [0.3, 0.4) is 0 Å². The zero-order valence-electron chi connectivity index (χ0n) is 14.5. The highest BCUT2D eigenvalue weighted by Crippen LogP contribution is 2.32. The van der Waals surface area contributed by atoms with Crippen molar-refractivity contribution >= 4 is 12.6 Å². The van der Waals surface area contributed by atoms with E-state index in [2.05, 4.69) is 26.0 Å². The second-order valence-electron chi connectivity index (χ2n) is 6.16. The first-order valence-corrected chi connectivity index (χ1v) is 8.41. The first-order chi connectivity index (χ1) is 12.2. The molecule has 0 saturated carbocycles. The molecule has 0 radical (unpaired) electrons. The van der Waals surface area contributed by atoms with Crippen LogP contribution in [0.4, 0.5) is 0 Å². The molecule has 0 aliphatic rings. The summed E-state index contributed by atoms with van der Waals surface area (Å²) in [5.74, 6) is 0. The molecule has 0 N–H and O–H groups in total. The molecule has 0 fully saturated rings. The van der Waals surface area contributed by atoms with Gasteiger partial charge in [0, 0.05) is 11.1 Å². The first-order valence-electron chi connectivity index (χ1n) is 8.41. The van der Waals surface area contributed by atoms with Crippen molar-refractivity contribution in [3.05, 3.63) is 82.9 Å². The minimum Gasteiger partial charge on any atom is -0.298 e. The van der Waals surface area contributed by atoms with E-state index in [0.29, 0.717) is 11.1 Å². The van der Waals surface area contributed by atoms with Gasteiger partial charge in [-0.2, -0.15) is 0 Å². The molecular formula is C23H20O2. The van der Waals surface area contributed by atoms with Crippen molar-refractivity contribution in [3.8, 4) is 22.3 Å². The Bertz CT molecular complexity index is 904. The summed E-state index contributed by atoms with van der Waals surface area (Å²) < 4.78 is 0. The van der Waals surface area contributed by atoms with E-state index < -0.39 is 0 Å². The van der Waals surface area contributed by atoms with Crippen LogP contribution in [0, 0.1) is 6.92 Å². The Kier molecular flexibility index (Phi) is 4.90. The third kappa shape index (κ3) is 3.43. The molecule has 0 heterocycles. The Labute approximate surface area is 148 Å². The van der Waals surface area contributed by atoms with Crippen molar-refractivity contribution in [2.45, 2.75) is 20.3 Å². The molecule has 0 saturated heterocycles. The minimum atomic E-state index is 0.684. The molecule has 2 nitrogen and oxygen atoms in total. The molecule has 124 valence electrons. The van der Waals surface area contributed by atoms with Crippen molar-refractivity contribution < 1.29 is 9.59 Å². The molecule has 25 heavy (non-hydrogen) atoms. The fourth-order valence-electron chi connectivity index (χ4n) is 3.11. The lowest BCUT2D eigenvalue weighted by Gasteiger charge is -2.15. The van der Waals surface area contributed by atoms with E-state index in [-0.39, 0.29) is 0 Å². The van der Waals surface area contributed by atoms with Gasteiger partial charge in [-0.05, 0) is 46.7 Å².